The average molecular weight is 247 g/mol. The first-order valence-corrected chi connectivity index (χ1v) is 5.91. The first-order chi connectivity index (χ1) is 8.61. The first kappa shape index (κ1) is 12.3. The summed E-state index contributed by atoms with van der Waals surface area (Å²) in [5, 5.41) is 7.20. The smallest absolute Gasteiger partial charge is 0.243 e. The summed E-state index contributed by atoms with van der Waals surface area (Å²) in [4.78, 5) is 17.6. The van der Waals surface area contributed by atoms with Gasteiger partial charge in [0.1, 0.15) is 0 Å². The van der Waals surface area contributed by atoms with Crippen molar-refractivity contribution in [1.82, 2.24) is 19.5 Å². The van der Waals surface area contributed by atoms with E-state index >= 15 is 0 Å². The molecule has 0 aliphatic heterocycles. The Morgan fingerprint density at radius 3 is 3.00 bits per heavy atom. The second-order valence-corrected chi connectivity index (χ2v) is 4.16. The number of pyridine rings is 1. The second-order valence-electron chi connectivity index (χ2n) is 4.16. The molecule has 1 N–H and O–H groups in total. The Morgan fingerprint density at radius 2 is 2.33 bits per heavy atom. The molecule has 6 heteroatoms. The van der Waals surface area contributed by atoms with Crippen molar-refractivity contribution in [3.05, 3.63) is 23.9 Å². The van der Waals surface area contributed by atoms with Crippen LogP contribution in [0.3, 0.4) is 0 Å². The third-order valence-corrected chi connectivity index (χ3v) is 2.86. The largest absolute Gasteiger partial charge is 0.345 e. The number of nitrogens with zero attached hydrogens (tertiary/aromatic N) is 4. The van der Waals surface area contributed by atoms with Gasteiger partial charge in [-0.1, -0.05) is 6.07 Å². The summed E-state index contributed by atoms with van der Waals surface area (Å²) < 4.78 is 1.70. The summed E-state index contributed by atoms with van der Waals surface area (Å²) in [5.74, 6) is 0.496. The summed E-state index contributed by atoms with van der Waals surface area (Å²) in [6, 6.07) is 3.89. The summed E-state index contributed by atoms with van der Waals surface area (Å²) in [7, 11) is 1.77. The van der Waals surface area contributed by atoms with E-state index < -0.39 is 0 Å². The molecule has 0 saturated carbocycles. The summed E-state index contributed by atoms with van der Waals surface area (Å²) in [6.45, 7) is 4.81. The molecule has 2 heterocycles. The van der Waals surface area contributed by atoms with Crippen LogP contribution in [0.15, 0.2) is 18.3 Å². The van der Waals surface area contributed by atoms with Crippen LogP contribution in [0.4, 0.5) is 5.95 Å². The topological polar surface area (TPSA) is 62.5 Å². The lowest BCUT2D eigenvalue weighted by atomic mass is 10.3. The monoisotopic (exact) mass is 247 g/mol. The molecule has 0 aliphatic rings. The molecule has 0 aromatic carbocycles. The first-order valence-electron chi connectivity index (χ1n) is 5.91. The number of hydrogen-bond acceptors (Lipinski definition) is 4. The summed E-state index contributed by atoms with van der Waals surface area (Å²) in [6.07, 6.45) is 1.83. The Balaban J connectivity index is 2.09. The molecule has 96 valence electrons. The van der Waals surface area contributed by atoms with E-state index in [1.807, 2.05) is 32.2 Å². The quantitative estimate of drug-likeness (QED) is 0.873. The van der Waals surface area contributed by atoms with E-state index in [4.69, 9.17) is 0 Å². The Morgan fingerprint density at radius 1 is 1.56 bits per heavy atom. The highest BCUT2D eigenvalue weighted by atomic mass is 16.2. The van der Waals surface area contributed by atoms with Crippen LogP contribution in [-0.2, 0) is 4.79 Å². The van der Waals surface area contributed by atoms with Crippen LogP contribution >= 0.6 is 0 Å². The van der Waals surface area contributed by atoms with E-state index in [2.05, 4.69) is 15.4 Å². The maximum absolute atomic E-state index is 11.6. The van der Waals surface area contributed by atoms with Crippen LogP contribution in [0.2, 0.25) is 0 Å². The van der Waals surface area contributed by atoms with E-state index in [1.54, 1.807) is 16.5 Å². The van der Waals surface area contributed by atoms with Gasteiger partial charge in [0.05, 0.1) is 6.54 Å². The van der Waals surface area contributed by atoms with Gasteiger partial charge < -0.3 is 10.2 Å². The molecular formula is C12H17N5O. The molecule has 2 aromatic rings. The maximum Gasteiger partial charge on any atom is 0.243 e. The van der Waals surface area contributed by atoms with Crippen molar-refractivity contribution in [1.29, 1.82) is 0 Å². The number of amides is 1. The van der Waals surface area contributed by atoms with E-state index in [1.165, 1.54) is 0 Å². The zero-order valence-corrected chi connectivity index (χ0v) is 10.8. The number of carbonyl (C=O) groups is 1. The summed E-state index contributed by atoms with van der Waals surface area (Å²) in [5.41, 5.74) is 1.85. The minimum atomic E-state index is 0.0214. The predicted molar refractivity (Wildman–Crippen MR) is 69.5 cm³/mol. The lowest BCUT2D eigenvalue weighted by molar-refractivity contribution is -0.127. The molecule has 2 rings (SSSR count). The Bertz CT molecular complexity index is 563. The molecule has 0 radical (unpaired) electrons. The van der Waals surface area contributed by atoms with Crippen molar-refractivity contribution in [2.45, 2.75) is 13.8 Å². The van der Waals surface area contributed by atoms with E-state index in [-0.39, 0.29) is 12.5 Å². The Kier molecular flexibility index (Phi) is 3.45. The van der Waals surface area contributed by atoms with Crippen LogP contribution < -0.4 is 5.32 Å². The van der Waals surface area contributed by atoms with Gasteiger partial charge in [-0.25, -0.2) is 4.52 Å². The number of anilines is 1. The number of carbonyl (C=O) groups excluding carboxylic acids is 1. The normalized spacial score (nSPS) is 10.6. The second kappa shape index (κ2) is 5.03. The average Bonchev–Trinajstić information content (AvgIpc) is 2.79. The van der Waals surface area contributed by atoms with Crippen molar-refractivity contribution in [3.8, 4) is 0 Å². The van der Waals surface area contributed by atoms with Gasteiger partial charge in [-0.2, -0.15) is 4.98 Å². The third kappa shape index (κ3) is 2.42. The van der Waals surface area contributed by atoms with Gasteiger partial charge >= 0.3 is 0 Å². The molecule has 0 unspecified atom stereocenters. The van der Waals surface area contributed by atoms with Crippen LogP contribution in [-0.4, -0.2) is 45.5 Å². The molecule has 1 amide bonds. The minimum absolute atomic E-state index is 0.0214. The molecule has 6 nitrogen and oxygen atoms in total. The van der Waals surface area contributed by atoms with Crippen LogP contribution in [0.5, 0.6) is 0 Å². The van der Waals surface area contributed by atoms with Gasteiger partial charge in [0.2, 0.25) is 11.9 Å². The number of likely N-dealkylation sites (N-methyl/N-ethyl adjacent to an activating group) is 1. The minimum Gasteiger partial charge on any atom is -0.345 e. The number of rotatable bonds is 4. The number of nitrogens with one attached hydrogen (secondary N) is 1. The number of aryl methyl sites for hydroxylation is 1. The predicted octanol–water partition coefficient (Wildman–Crippen LogP) is 0.928. The molecular weight excluding hydrogens is 230 g/mol. The van der Waals surface area contributed by atoms with Gasteiger partial charge in [-0.15, -0.1) is 5.10 Å². The highest BCUT2D eigenvalue weighted by Gasteiger charge is 2.09. The van der Waals surface area contributed by atoms with Gasteiger partial charge in [0.25, 0.3) is 0 Å². The lowest BCUT2D eigenvalue weighted by Gasteiger charge is -2.13. The maximum atomic E-state index is 11.6. The molecule has 0 saturated heterocycles. The SMILES string of the molecule is CCN(C)C(=O)CNc1nc2c(C)cccn2n1. The van der Waals surface area contributed by atoms with Gasteiger partial charge in [0, 0.05) is 19.8 Å². The number of fused-ring (bicyclic) bond motifs is 1. The fraction of sp³-hybridized carbons (Fsp3) is 0.417. The van der Waals surface area contributed by atoms with Crippen molar-refractivity contribution in [2.75, 3.05) is 25.5 Å². The Hall–Kier alpha value is -2.11. The molecule has 0 bridgehead atoms. The van der Waals surface area contributed by atoms with Crippen molar-refractivity contribution >= 4 is 17.5 Å². The van der Waals surface area contributed by atoms with E-state index in [9.17, 15) is 4.79 Å². The molecule has 18 heavy (non-hydrogen) atoms. The van der Waals surface area contributed by atoms with Gasteiger partial charge in [-0.3, -0.25) is 4.79 Å². The van der Waals surface area contributed by atoms with E-state index in [0.717, 1.165) is 11.2 Å². The van der Waals surface area contributed by atoms with Crippen molar-refractivity contribution < 1.29 is 4.79 Å². The highest BCUT2D eigenvalue weighted by Crippen LogP contribution is 2.09. The summed E-state index contributed by atoms with van der Waals surface area (Å²) >= 11 is 0. The van der Waals surface area contributed by atoms with Crippen LogP contribution in [0.1, 0.15) is 12.5 Å². The number of hydrogen-bond donors (Lipinski definition) is 1. The van der Waals surface area contributed by atoms with Gasteiger partial charge in [0.15, 0.2) is 5.65 Å². The van der Waals surface area contributed by atoms with Crippen molar-refractivity contribution in [3.63, 3.8) is 0 Å². The zero-order chi connectivity index (χ0) is 13.1. The molecule has 2 aromatic heterocycles. The molecule has 0 spiro atoms. The fourth-order valence-electron chi connectivity index (χ4n) is 1.58. The number of aromatic nitrogens is 3. The standard InChI is InChI=1S/C12H17N5O/c1-4-16(3)10(18)8-13-12-14-11-9(2)6-5-7-17(11)15-12/h5-7H,4,8H2,1-3H3,(H,13,15). The zero-order valence-electron chi connectivity index (χ0n) is 10.8. The van der Waals surface area contributed by atoms with Crippen LogP contribution in [0, 0.1) is 6.92 Å². The van der Waals surface area contributed by atoms with Gasteiger partial charge in [-0.05, 0) is 25.5 Å². The third-order valence-electron chi connectivity index (χ3n) is 2.86. The Labute approximate surface area is 106 Å². The van der Waals surface area contributed by atoms with E-state index in [0.29, 0.717) is 12.5 Å². The molecule has 0 fully saturated rings. The van der Waals surface area contributed by atoms with Crippen molar-refractivity contribution in [2.24, 2.45) is 0 Å². The van der Waals surface area contributed by atoms with Crippen LogP contribution in [0.25, 0.3) is 5.65 Å². The fourth-order valence-corrected chi connectivity index (χ4v) is 1.58. The highest BCUT2D eigenvalue weighted by molar-refractivity contribution is 5.80. The molecule has 0 atom stereocenters. The molecule has 0 aliphatic carbocycles. The lowest BCUT2D eigenvalue weighted by Crippen LogP contribution is -2.32.